The highest BCUT2D eigenvalue weighted by molar-refractivity contribution is 5.98. The maximum Gasteiger partial charge on any atom is 0.236 e. The van der Waals surface area contributed by atoms with Crippen molar-refractivity contribution in [3.8, 4) is 5.75 Å². The fourth-order valence-electron chi connectivity index (χ4n) is 3.36. The van der Waals surface area contributed by atoms with Gasteiger partial charge < -0.3 is 9.30 Å². The van der Waals surface area contributed by atoms with Crippen molar-refractivity contribution >= 4 is 22.9 Å². The van der Waals surface area contributed by atoms with E-state index in [1.807, 2.05) is 60.1 Å². The summed E-state index contributed by atoms with van der Waals surface area (Å²) < 4.78 is 7.63. The topological polar surface area (TPSA) is 47.4 Å². The fourth-order valence-corrected chi connectivity index (χ4v) is 3.36. The monoisotopic (exact) mass is 321 g/mol. The summed E-state index contributed by atoms with van der Waals surface area (Å²) in [4.78, 5) is 19.4. The van der Waals surface area contributed by atoms with Crippen molar-refractivity contribution in [2.45, 2.75) is 12.3 Å². The third-order valence-corrected chi connectivity index (χ3v) is 4.65. The van der Waals surface area contributed by atoms with Crippen molar-refractivity contribution in [3.63, 3.8) is 0 Å². The van der Waals surface area contributed by atoms with E-state index in [-0.39, 0.29) is 11.8 Å². The average molecular weight is 321 g/mol. The standard InChI is InChI=1S/C19H19N3O2/c1-21-16-9-5-4-8-15(16)20-19(21)22(2)18(23)14-11-12-24-17-10-6-3-7-13(14)17/h3-10,14H,11-12H2,1-2H3. The number of imidazole rings is 1. The minimum absolute atomic E-state index is 0.0455. The molecule has 4 rings (SSSR count). The molecule has 1 aliphatic heterocycles. The molecule has 2 aromatic carbocycles. The molecule has 1 atom stereocenters. The Balaban J connectivity index is 1.71. The molecule has 0 spiro atoms. The van der Waals surface area contributed by atoms with Gasteiger partial charge in [-0.15, -0.1) is 0 Å². The van der Waals surface area contributed by atoms with E-state index >= 15 is 0 Å². The van der Waals surface area contributed by atoms with Crippen LogP contribution in [-0.2, 0) is 11.8 Å². The molecule has 0 saturated carbocycles. The number of anilines is 1. The number of para-hydroxylation sites is 3. The molecule has 0 bridgehead atoms. The average Bonchev–Trinajstić information content (AvgIpc) is 2.97. The van der Waals surface area contributed by atoms with E-state index in [9.17, 15) is 4.79 Å². The minimum Gasteiger partial charge on any atom is -0.493 e. The van der Waals surface area contributed by atoms with Crippen LogP contribution in [0.4, 0.5) is 5.95 Å². The Labute approximate surface area is 140 Å². The van der Waals surface area contributed by atoms with Crippen molar-refractivity contribution < 1.29 is 9.53 Å². The van der Waals surface area contributed by atoms with Gasteiger partial charge in [-0.3, -0.25) is 9.69 Å². The lowest BCUT2D eigenvalue weighted by atomic mass is 9.92. The molecule has 5 nitrogen and oxygen atoms in total. The van der Waals surface area contributed by atoms with Gasteiger partial charge in [0, 0.05) is 19.7 Å². The second-order valence-corrected chi connectivity index (χ2v) is 6.08. The summed E-state index contributed by atoms with van der Waals surface area (Å²) in [6, 6.07) is 15.7. The highest BCUT2D eigenvalue weighted by atomic mass is 16.5. The van der Waals surface area contributed by atoms with Gasteiger partial charge in [0.15, 0.2) is 0 Å². The Morgan fingerprint density at radius 2 is 1.96 bits per heavy atom. The number of ether oxygens (including phenoxy) is 1. The number of hydrogen-bond donors (Lipinski definition) is 0. The number of aryl methyl sites for hydroxylation is 1. The van der Waals surface area contributed by atoms with Crippen molar-refractivity contribution in [3.05, 3.63) is 54.1 Å². The molecule has 122 valence electrons. The number of likely N-dealkylation sites (N-methyl/N-ethyl adjacent to an activating group) is 1. The van der Waals surface area contributed by atoms with E-state index in [0.717, 1.165) is 22.3 Å². The van der Waals surface area contributed by atoms with Crippen LogP contribution < -0.4 is 9.64 Å². The molecule has 1 aliphatic rings. The lowest BCUT2D eigenvalue weighted by Crippen LogP contribution is -2.35. The van der Waals surface area contributed by atoms with E-state index in [0.29, 0.717) is 19.0 Å². The van der Waals surface area contributed by atoms with Crippen molar-refractivity contribution in [1.29, 1.82) is 0 Å². The molecule has 24 heavy (non-hydrogen) atoms. The van der Waals surface area contributed by atoms with Gasteiger partial charge in [0.2, 0.25) is 11.9 Å². The quantitative estimate of drug-likeness (QED) is 0.729. The first-order chi connectivity index (χ1) is 11.7. The number of fused-ring (bicyclic) bond motifs is 2. The molecule has 1 unspecified atom stereocenters. The summed E-state index contributed by atoms with van der Waals surface area (Å²) in [5, 5.41) is 0. The SMILES string of the molecule is CN(C(=O)C1CCOc2ccccc21)c1nc2ccccc2n1C. The minimum atomic E-state index is -0.195. The summed E-state index contributed by atoms with van der Waals surface area (Å²) in [5.41, 5.74) is 2.86. The van der Waals surface area contributed by atoms with Crippen molar-refractivity contribution in [2.24, 2.45) is 7.05 Å². The summed E-state index contributed by atoms with van der Waals surface area (Å²) >= 11 is 0. The lowest BCUT2D eigenvalue weighted by molar-refractivity contribution is -0.120. The third-order valence-electron chi connectivity index (χ3n) is 4.65. The second-order valence-electron chi connectivity index (χ2n) is 6.08. The van der Waals surface area contributed by atoms with Crippen LogP contribution in [0.15, 0.2) is 48.5 Å². The van der Waals surface area contributed by atoms with Crippen molar-refractivity contribution in [1.82, 2.24) is 9.55 Å². The first kappa shape index (κ1) is 14.8. The number of hydrogen-bond acceptors (Lipinski definition) is 3. The molecule has 0 aliphatic carbocycles. The summed E-state index contributed by atoms with van der Waals surface area (Å²) in [6.45, 7) is 0.559. The predicted octanol–water partition coefficient (Wildman–Crippen LogP) is 3.10. The Morgan fingerprint density at radius 3 is 2.79 bits per heavy atom. The predicted molar refractivity (Wildman–Crippen MR) is 93.4 cm³/mol. The molecule has 2 heterocycles. The van der Waals surface area contributed by atoms with E-state index < -0.39 is 0 Å². The first-order valence-electron chi connectivity index (χ1n) is 8.07. The molecule has 3 aromatic rings. The van der Waals surface area contributed by atoms with Crippen LogP contribution in [-0.4, -0.2) is 29.1 Å². The zero-order valence-corrected chi connectivity index (χ0v) is 13.8. The highest BCUT2D eigenvalue weighted by Gasteiger charge is 2.31. The molecule has 1 aromatic heterocycles. The van der Waals surface area contributed by atoms with Gasteiger partial charge >= 0.3 is 0 Å². The Hall–Kier alpha value is -2.82. The molecule has 1 amide bonds. The van der Waals surface area contributed by atoms with Crippen molar-refractivity contribution in [2.75, 3.05) is 18.6 Å². The number of carbonyl (C=O) groups is 1. The van der Waals surface area contributed by atoms with Gasteiger partial charge in [-0.05, 0) is 24.6 Å². The molecule has 0 radical (unpaired) electrons. The Kier molecular flexibility index (Phi) is 3.49. The smallest absolute Gasteiger partial charge is 0.236 e. The largest absolute Gasteiger partial charge is 0.493 e. The van der Waals surface area contributed by atoms with E-state index in [1.54, 1.807) is 11.9 Å². The van der Waals surface area contributed by atoms with Crippen LogP contribution in [0.5, 0.6) is 5.75 Å². The molecule has 0 saturated heterocycles. The van der Waals surface area contributed by atoms with E-state index in [2.05, 4.69) is 4.98 Å². The number of amides is 1. The van der Waals surface area contributed by atoms with Gasteiger partial charge in [0.25, 0.3) is 0 Å². The zero-order valence-electron chi connectivity index (χ0n) is 13.8. The number of carbonyl (C=O) groups excluding carboxylic acids is 1. The normalized spacial score (nSPS) is 16.5. The van der Waals surface area contributed by atoms with Crippen LogP contribution in [0.3, 0.4) is 0 Å². The van der Waals surface area contributed by atoms with Gasteiger partial charge in [-0.1, -0.05) is 30.3 Å². The maximum absolute atomic E-state index is 13.1. The van der Waals surface area contributed by atoms with Gasteiger partial charge in [0.1, 0.15) is 5.75 Å². The summed E-state index contributed by atoms with van der Waals surface area (Å²) in [7, 11) is 3.73. The molecule has 5 heteroatoms. The third kappa shape index (κ3) is 2.24. The summed E-state index contributed by atoms with van der Waals surface area (Å²) in [6.07, 6.45) is 0.685. The van der Waals surface area contributed by atoms with Crippen LogP contribution in [0.1, 0.15) is 17.9 Å². The second kappa shape index (κ2) is 5.67. The molecule has 0 fully saturated rings. The number of rotatable bonds is 2. The van der Waals surface area contributed by atoms with Crippen LogP contribution >= 0.6 is 0 Å². The molecular weight excluding hydrogens is 302 g/mol. The molecule has 0 N–H and O–H groups in total. The van der Waals surface area contributed by atoms with Crippen LogP contribution in [0.2, 0.25) is 0 Å². The highest BCUT2D eigenvalue weighted by Crippen LogP contribution is 2.35. The van der Waals surface area contributed by atoms with Crippen LogP contribution in [0.25, 0.3) is 11.0 Å². The zero-order chi connectivity index (χ0) is 16.7. The number of nitrogens with zero attached hydrogens (tertiary/aromatic N) is 3. The summed E-state index contributed by atoms with van der Waals surface area (Å²) in [5.74, 6) is 1.31. The maximum atomic E-state index is 13.1. The van der Waals surface area contributed by atoms with E-state index in [1.165, 1.54) is 0 Å². The number of aromatic nitrogens is 2. The van der Waals surface area contributed by atoms with Gasteiger partial charge in [-0.25, -0.2) is 4.98 Å². The first-order valence-corrected chi connectivity index (χ1v) is 8.07. The van der Waals surface area contributed by atoms with E-state index in [4.69, 9.17) is 4.74 Å². The molecular formula is C19H19N3O2. The van der Waals surface area contributed by atoms with Gasteiger partial charge in [-0.2, -0.15) is 0 Å². The Bertz CT molecular complexity index is 916. The fraction of sp³-hybridized carbons (Fsp3) is 0.263. The number of benzene rings is 2. The van der Waals surface area contributed by atoms with Gasteiger partial charge in [0.05, 0.1) is 23.6 Å². The lowest BCUT2D eigenvalue weighted by Gasteiger charge is -2.28. The Morgan fingerprint density at radius 1 is 1.21 bits per heavy atom. The van der Waals surface area contributed by atoms with Crippen LogP contribution in [0, 0.1) is 0 Å².